The lowest BCUT2D eigenvalue weighted by molar-refractivity contribution is -0.157. The van der Waals surface area contributed by atoms with Crippen molar-refractivity contribution in [1.29, 1.82) is 0 Å². The van der Waals surface area contributed by atoms with E-state index >= 15 is 9.59 Å². The Hall–Kier alpha value is -8.52. The molecule has 1 aliphatic rings. The standard InChI is InChI=1S/C62H111N11O12.C19H17NOS/c1-25-27-28-40(15)52(75)51-56(79)65-43(26-2)58(81)67(18)33-48(74)68(19)44(29-34(3)4)55(78)66-49(38(11)12)61(84)69(20)45(30-35(5)6)54(77)63-41(16)53(76)64-42(17)57(80)70(21)46(31-36(7)8)59(82)71(22)47(32-37(9)10)60(83)72(23)50(39(13)14)62(85)73(51)24;1-14-6-5-9-17(12-14)20(2)19(22)21-18-11-10-15-7-3-4-8-16(15)13-18/h25,27,34-47,49-52,75H,26,28-33H2,1-24H3,(H,63,77)(H,64,76)(H,65,79)(H,66,78);3-13H,1-2H3. The van der Waals surface area contributed by atoms with Crippen molar-refractivity contribution in [1.82, 2.24) is 55.6 Å². The van der Waals surface area contributed by atoms with Gasteiger partial charge >= 0.3 is 0 Å². The van der Waals surface area contributed by atoms with E-state index in [2.05, 4.69) is 52.5 Å². The Morgan fingerprint density at radius 3 is 1.53 bits per heavy atom. The number of nitrogens with one attached hydrogen (secondary N) is 4. The van der Waals surface area contributed by atoms with Crippen LogP contribution in [-0.2, 0) is 52.7 Å². The van der Waals surface area contributed by atoms with Gasteiger partial charge in [0.2, 0.25) is 65.0 Å². The minimum absolute atomic E-state index is 0.0229. The molecule has 107 heavy (non-hydrogen) atoms. The number of benzene rings is 3. The van der Waals surface area contributed by atoms with Crippen LogP contribution >= 0.6 is 12.2 Å². The number of amides is 11. The van der Waals surface area contributed by atoms with Crippen LogP contribution in [0.25, 0.3) is 10.8 Å². The Morgan fingerprint density at radius 1 is 0.533 bits per heavy atom. The number of hydrogen-bond donors (Lipinski definition) is 5. The Morgan fingerprint density at radius 2 is 1.02 bits per heavy atom. The molecule has 12 atom stereocenters. The van der Waals surface area contributed by atoms with Gasteiger partial charge < -0.3 is 70.3 Å². The Bertz CT molecular complexity index is 3560. The van der Waals surface area contributed by atoms with E-state index in [1.807, 2.05) is 116 Å². The van der Waals surface area contributed by atoms with Crippen molar-refractivity contribution in [2.45, 2.75) is 230 Å². The fourth-order valence-electron chi connectivity index (χ4n) is 13.0. The number of aliphatic hydroxyl groups excluding tert-OH is 1. The maximum atomic E-state index is 15.1. The van der Waals surface area contributed by atoms with Crippen molar-refractivity contribution in [3.8, 4) is 5.75 Å². The summed E-state index contributed by atoms with van der Waals surface area (Å²) >= 11 is 5.41. The van der Waals surface area contributed by atoms with E-state index in [0.717, 1.165) is 26.6 Å². The molecule has 1 fully saturated rings. The van der Waals surface area contributed by atoms with Crippen molar-refractivity contribution in [2.24, 2.45) is 41.4 Å². The maximum absolute atomic E-state index is 15.1. The van der Waals surface area contributed by atoms with E-state index in [4.69, 9.17) is 17.0 Å². The molecule has 12 unspecified atom stereocenters. The van der Waals surface area contributed by atoms with Gasteiger partial charge in [-0.1, -0.05) is 152 Å². The summed E-state index contributed by atoms with van der Waals surface area (Å²) in [6, 6.07) is 10.0. The number of carbonyl (C=O) groups excluding carboxylic acids is 11. The van der Waals surface area contributed by atoms with Crippen LogP contribution in [0.2, 0.25) is 0 Å². The molecule has 0 radical (unpaired) electrons. The second-order valence-electron chi connectivity index (χ2n) is 31.4. The van der Waals surface area contributed by atoms with Gasteiger partial charge in [-0.25, -0.2) is 0 Å². The normalized spacial score (nSPS) is 23.5. The van der Waals surface area contributed by atoms with Crippen LogP contribution in [0.4, 0.5) is 5.69 Å². The Labute approximate surface area is 643 Å². The highest BCUT2D eigenvalue weighted by atomic mass is 32.1. The summed E-state index contributed by atoms with van der Waals surface area (Å²) in [6.45, 7) is 31.4. The van der Waals surface area contributed by atoms with Gasteiger partial charge in [0.05, 0.1) is 12.6 Å². The summed E-state index contributed by atoms with van der Waals surface area (Å²) in [6.07, 6.45) is 3.04. The molecule has 1 heterocycles. The first-order valence-electron chi connectivity index (χ1n) is 37.7. The third-order valence-electron chi connectivity index (χ3n) is 19.7. The zero-order valence-corrected chi connectivity index (χ0v) is 69.5. The molecule has 25 nitrogen and oxygen atoms in total. The molecule has 0 bridgehead atoms. The van der Waals surface area contributed by atoms with Gasteiger partial charge in [-0.15, -0.1) is 0 Å². The van der Waals surface area contributed by atoms with Crippen molar-refractivity contribution < 1.29 is 62.6 Å². The number of nitrogens with zero attached hydrogens (tertiary/aromatic N) is 8. The molecular weight excluding hydrogens is 1380 g/mol. The van der Waals surface area contributed by atoms with E-state index in [1.165, 1.54) is 98.6 Å². The number of thiocarbonyl (C=S) groups is 1. The second kappa shape index (κ2) is 42.9. The smallest absolute Gasteiger partial charge is 0.269 e. The van der Waals surface area contributed by atoms with Gasteiger partial charge in [0, 0.05) is 62.1 Å². The molecular formula is C81H128N12O13S. The molecule has 3 aromatic carbocycles. The number of anilines is 1. The number of aliphatic hydroxyl groups is 1. The largest absolute Gasteiger partial charge is 0.432 e. The number of aryl methyl sites for hydroxylation is 1. The molecule has 0 aliphatic carbocycles. The van der Waals surface area contributed by atoms with Crippen molar-refractivity contribution >= 4 is 98.8 Å². The fourth-order valence-corrected chi connectivity index (χ4v) is 13.2. The highest BCUT2D eigenvalue weighted by Gasteiger charge is 2.46. The number of allylic oxidation sites excluding steroid dienone is 2. The lowest BCUT2D eigenvalue weighted by Crippen LogP contribution is -2.63. The van der Waals surface area contributed by atoms with E-state index in [9.17, 15) is 48.3 Å². The van der Waals surface area contributed by atoms with Gasteiger partial charge in [-0.2, -0.15) is 0 Å². The molecule has 5 N–H and O–H groups in total. The average Bonchev–Trinajstić information content (AvgIpc) is 0.804. The van der Waals surface area contributed by atoms with Crippen LogP contribution in [0.15, 0.2) is 78.9 Å². The number of fused-ring (bicyclic) bond motifs is 1. The Kier molecular flexibility index (Phi) is 37.1. The summed E-state index contributed by atoms with van der Waals surface area (Å²) in [5.41, 5.74) is 2.21. The van der Waals surface area contributed by atoms with Crippen LogP contribution in [-0.4, -0.2) is 239 Å². The minimum Gasteiger partial charge on any atom is -0.432 e. The van der Waals surface area contributed by atoms with Crippen LogP contribution in [0, 0.1) is 48.3 Å². The first kappa shape index (κ1) is 92.7. The topological polar surface area (TPSA) is 291 Å². The summed E-state index contributed by atoms with van der Waals surface area (Å²) in [4.78, 5) is 170. The van der Waals surface area contributed by atoms with Gasteiger partial charge in [-0.3, -0.25) is 52.7 Å². The zero-order valence-electron chi connectivity index (χ0n) is 68.7. The average molecular weight is 1510 g/mol. The fraction of sp³-hybridized carbons (Fsp3) is 0.630. The number of likely N-dealkylation sites (N-methyl/N-ethyl adjacent to an activating group) is 7. The molecule has 1 saturated heterocycles. The number of hydrogen-bond acceptors (Lipinski definition) is 14. The summed E-state index contributed by atoms with van der Waals surface area (Å²) < 4.78 is 5.84. The third-order valence-corrected chi connectivity index (χ3v) is 20.0. The molecule has 26 heteroatoms. The summed E-state index contributed by atoms with van der Waals surface area (Å²) in [5.74, 6) is -8.95. The number of ether oxygens (including phenoxy) is 1. The summed E-state index contributed by atoms with van der Waals surface area (Å²) in [5, 5.41) is 25.8. The molecule has 596 valence electrons. The van der Waals surface area contributed by atoms with Crippen molar-refractivity contribution in [3.63, 3.8) is 0 Å². The predicted octanol–water partition coefficient (Wildman–Crippen LogP) is 8.22. The number of carbonyl (C=O) groups is 11. The van der Waals surface area contributed by atoms with Crippen molar-refractivity contribution in [2.75, 3.05) is 67.8 Å². The van der Waals surface area contributed by atoms with Crippen molar-refractivity contribution in [3.05, 3.63) is 84.4 Å². The van der Waals surface area contributed by atoms with Crippen LogP contribution in [0.3, 0.4) is 0 Å². The first-order valence-corrected chi connectivity index (χ1v) is 38.1. The van der Waals surface area contributed by atoms with E-state index in [1.54, 1.807) is 54.5 Å². The monoisotopic (exact) mass is 1510 g/mol. The lowest BCUT2D eigenvalue weighted by Gasteiger charge is -2.41. The highest BCUT2D eigenvalue weighted by molar-refractivity contribution is 7.80. The SMILES string of the molecule is CC=CCC(C)C(O)C1C(=O)NC(CC)C(=O)N(C)CC(=O)N(C)C(CC(C)C)C(=O)NC(C(C)C)C(=O)N(C)C(CC(C)C)C(=O)NC(C)C(=O)NC(C)C(=O)N(C)C(CC(C)C)C(=O)N(C)C(CC(C)C)C(=O)N(C)C(C(C)C)C(=O)N1C.Cc1cccc(N(C)C(=S)Oc2ccc3ccccc3c2)c1. The van der Waals surface area contributed by atoms with E-state index in [0.29, 0.717) is 11.6 Å². The molecule has 0 spiro atoms. The second-order valence-corrected chi connectivity index (χ2v) is 31.7. The number of rotatable bonds is 17. The first-order chi connectivity index (χ1) is 49.8. The summed E-state index contributed by atoms with van der Waals surface area (Å²) in [7, 11) is 11.8. The van der Waals surface area contributed by atoms with E-state index < -0.39 is 156 Å². The maximum Gasteiger partial charge on any atom is 0.269 e. The minimum atomic E-state index is -1.61. The molecule has 1 aliphatic heterocycles. The van der Waals surface area contributed by atoms with Crippen LogP contribution in [0.5, 0.6) is 5.75 Å². The molecule has 0 aromatic heterocycles. The van der Waals surface area contributed by atoms with E-state index in [-0.39, 0.29) is 55.8 Å². The lowest BCUT2D eigenvalue weighted by atomic mass is 9.91. The Balaban J connectivity index is 0.00000113. The van der Waals surface area contributed by atoms with Crippen LogP contribution in [0.1, 0.15) is 162 Å². The van der Waals surface area contributed by atoms with Gasteiger partial charge in [0.25, 0.3) is 5.17 Å². The predicted molar refractivity (Wildman–Crippen MR) is 425 cm³/mol. The van der Waals surface area contributed by atoms with Crippen LogP contribution < -0.4 is 30.9 Å². The molecule has 11 amide bonds. The third kappa shape index (κ3) is 26.4. The quantitative estimate of drug-likeness (QED) is 0.0628. The van der Waals surface area contributed by atoms with Gasteiger partial charge in [-0.05, 0) is 160 Å². The highest BCUT2D eigenvalue weighted by Crippen LogP contribution is 2.28. The molecule has 3 aromatic rings. The van der Waals surface area contributed by atoms with Gasteiger partial charge in [0.15, 0.2) is 0 Å². The molecule has 4 rings (SSSR count). The molecule has 0 saturated carbocycles. The zero-order chi connectivity index (χ0) is 81.5. The van der Waals surface area contributed by atoms with Gasteiger partial charge in [0.1, 0.15) is 66.2 Å².